The second kappa shape index (κ2) is 5.46. The van der Waals surface area contributed by atoms with E-state index in [0.29, 0.717) is 0 Å². The molecular formula is C9H17N5S. The van der Waals surface area contributed by atoms with E-state index in [9.17, 15) is 0 Å². The molecule has 2 rings (SSSR count). The number of tetrazole rings is 1. The van der Waals surface area contributed by atoms with Crippen molar-refractivity contribution in [3.05, 3.63) is 0 Å². The highest BCUT2D eigenvalue weighted by atomic mass is 32.2. The maximum absolute atomic E-state index is 3.92. The molecule has 15 heavy (non-hydrogen) atoms. The third kappa shape index (κ3) is 3.17. The van der Waals surface area contributed by atoms with Gasteiger partial charge in [0, 0.05) is 25.4 Å². The Morgan fingerprint density at radius 3 is 2.93 bits per heavy atom. The molecule has 1 aromatic rings. The first-order chi connectivity index (χ1) is 7.36. The molecule has 0 saturated heterocycles. The summed E-state index contributed by atoms with van der Waals surface area (Å²) in [6, 6.07) is 0.753. The molecule has 1 N–H and O–H groups in total. The van der Waals surface area contributed by atoms with E-state index >= 15 is 0 Å². The normalized spacial score (nSPS) is 17.4. The average Bonchev–Trinajstić information content (AvgIpc) is 2.85. The monoisotopic (exact) mass is 227 g/mol. The van der Waals surface area contributed by atoms with Crippen LogP contribution in [0, 0.1) is 0 Å². The molecule has 1 heterocycles. The lowest BCUT2D eigenvalue weighted by Gasteiger charge is -2.10. The Morgan fingerprint density at radius 1 is 1.47 bits per heavy atom. The zero-order valence-electron chi connectivity index (χ0n) is 9.02. The molecule has 0 radical (unpaired) electrons. The topological polar surface area (TPSA) is 55.6 Å². The number of thioether (sulfide) groups is 1. The molecule has 1 saturated carbocycles. The van der Waals surface area contributed by atoms with Crippen molar-refractivity contribution >= 4 is 11.8 Å². The van der Waals surface area contributed by atoms with Gasteiger partial charge in [0.25, 0.3) is 0 Å². The molecule has 0 unspecified atom stereocenters. The lowest BCUT2D eigenvalue weighted by Crippen LogP contribution is -2.28. The van der Waals surface area contributed by atoms with Crippen molar-refractivity contribution < 1.29 is 0 Å². The van der Waals surface area contributed by atoms with Gasteiger partial charge in [-0.25, -0.2) is 4.68 Å². The van der Waals surface area contributed by atoms with Gasteiger partial charge in [-0.3, -0.25) is 0 Å². The lowest BCUT2D eigenvalue weighted by atomic mass is 10.2. The minimum Gasteiger partial charge on any atom is -0.313 e. The molecule has 0 bridgehead atoms. The largest absolute Gasteiger partial charge is 0.313 e. The fourth-order valence-corrected chi connectivity index (χ4v) is 2.60. The molecule has 0 aromatic carbocycles. The number of rotatable bonds is 5. The van der Waals surface area contributed by atoms with Crippen LogP contribution in [-0.2, 0) is 7.05 Å². The van der Waals surface area contributed by atoms with Gasteiger partial charge >= 0.3 is 0 Å². The van der Waals surface area contributed by atoms with Crippen LogP contribution < -0.4 is 5.32 Å². The molecule has 0 amide bonds. The Kier molecular flexibility index (Phi) is 3.96. The van der Waals surface area contributed by atoms with Gasteiger partial charge < -0.3 is 5.32 Å². The Morgan fingerprint density at radius 2 is 2.27 bits per heavy atom. The lowest BCUT2D eigenvalue weighted by molar-refractivity contribution is 0.544. The van der Waals surface area contributed by atoms with Gasteiger partial charge in [-0.1, -0.05) is 24.6 Å². The van der Waals surface area contributed by atoms with Crippen molar-refractivity contribution in [3.8, 4) is 0 Å². The molecular weight excluding hydrogens is 210 g/mol. The summed E-state index contributed by atoms with van der Waals surface area (Å²) in [6.07, 6.45) is 5.46. The van der Waals surface area contributed by atoms with Crippen LogP contribution in [0.15, 0.2) is 5.16 Å². The summed E-state index contributed by atoms with van der Waals surface area (Å²) >= 11 is 1.70. The Labute approximate surface area is 94.0 Å². The number of nitrogens with zero attached hydrogens (tertiary/aromatic N) is 4. The van der Waals surface area contributed by atoms with Crippen LogP contribution in [-0.4, -0.2) is 38.5 Å². The third-order valence-corrected chi connectivity index (χ3v) is 3.71. The fraction of sp³-hybridized carbons (Fsp3) is 0.889. The molecule has 0 atom stereocenters. The van der Waals surface area contributed by atoms with Crippen molar-refractivity contribution in [1.29, 1.82) is 0 Å². The summed E-state index contributed by atoms with van der Waals surface area (Å²) in [5.74, 6) is 1.03. The van der Waals surface area contributed by atoms with Gasteiger partial charge in [0.15, 0.2) is 0 Å². The van der Waals surface area contributed by atoms with Crippen LogP contribution in [0.1, 0.15) is 25.7 Å². The second-order valence-electron chi connectivity index (χ2n) is 3.87. The molecule has 0 aliphatic heterocycles. The highest BCUT2D eigenvalue weighted by molar-refractivity contribution is 7.99. The quantitative estimate of drug-likeness (QED) is 0.596. The minimum atomic E-state index is 0.753. The number of hydrogen-bond acceptors (Lipinski definition) is 5. The zero-order chi connectivity index (χ0) is 10.5. The van der Waals surface area contributed by atoms with E-state index in [0.717, 1.165) is 23.5 Å². The molecule has 6 heteroatoms. The van der Waals surface area contributed by atoms with Gasteiger partial charge in [0.05, 0.1) is 0 Å². The van der Waals surface area contributed by atoms with Crippen LogP contribution >= 0.6 is 11.8 Å². The van der Waals surface area contributed by atoms with Gasteiger partial charge in [0.1, 0.15) is 0 Å². The molecule has 0 spiro atoms. The fourth-order valence-electron chi connectivity index (χ4n) is 1.88. The standard InChI is InChI=1S/C9H17N5S/c1-14-9(11-12-13-14)15-7-6-10-8-4-2-3-5-8/h8,10H,2-7H2,1H3. The van der Waals surface area contributed by atoms with Crippen LogP contribution in [0.4, 0.5) is 0 Å². The molecule has 1 aromatic heterocycles. The van der Waals surface area contributed by atoms with E-state index in [1.807, 2.05) is 7.05 Å². The molecule has 84 valence electrons. The van der Waals surface area contributed by atoms with Crippen molar-refractivity contribution in [2.24, 2.45) is 7.05 Å². The van der Waals surface area contributed by atoms with Gasteiger partial charge in [-0.05, 0) is 23.3 Å². The summed E-state index contributed by atoms with van der Waals surface area (Å²) in [7, 11) is 1.87. The Balaban J connectivity index is 1.60. The predicted molar refractivity (Wildman–Crippen MR) is 59.8 cm³/mol. The Bertz CT molecular complexity index is 294. The molecule has 1 aliphatic rings. The summed E-state index contributed by atoms with van der Waals surface area (Å²) in [5.41, 5.74) is 0. The first kappa shape index (κ1) is 10.9. The summed E-state index contributed by atoms with van der Waals surface area (Å²) < 4.78 is 1.71. The second-order valence-corrected chi connectivity index (χ2v) is 4.93. The Hall–Kier alpha value is -0.620. The van der Waals surface area contributed by atoms with Gasteiger partial charge in [-0.2, -0.15) is 0 Å². The van der Waals surface area contributed by atoms with E-state index < -0.39 is 0 Å². The molecule has 5 nitrogen and oxygen atoms in total. The number of aromatic nitrogens is 4. The highest BCUT2D eigenvalue weighted by Crippen LogP contribution is 2.18. The van der Waals surface area contributed by atoms with Crippen molar-refractivity contribution in [3.63, 3.8) is 0 Å². The zero-order valence-corrected chi connectivity index (χ0v) is 9.83. The molecule has 1 fully saturated rings. The SMILES string of the molecule is Cn1nnnc1SCCNC1CCCC1. The van der Waals surface area contributed by atoms with E-state index in [4.69, 9.17) is 0 Å². The maximum Gasteiger partial charge on any atom is 0.209 e. The van der Waals surface area contributed by atoms with Gasteiger partial charge in [-0.15, -0.1) is 5.10 Å². The summed E-state index contributed by atoms with van der Waals surface area (Å²) in [6.45, 7) is 1.04. The van der Waals surface area contributed by atoms with E-state index in [1.165, 1.54) is 25.7 Å². The van der Waals surface area contributed by atoms with E-state index in [2.05, 4.69) is 20.8 Å². The third-order valence-electron chi connectivity index (χ3n) is 2.70. The summed E-state index contributed by atoms with van der Waals surface area (Å²) in [4.78, 5) is 0. The van der Waals surface area contributed by atoms with Crippen molar-refractivity contribution in [2.45, 2.75) is 36.9 Å². The first-order valence-electron chi connectivity index (χ1n) is 5.45. The maximum atomic E-state index is 3.92. The number of nitrogens with one attached hydrogen (secondary N) is 1. The minimum absolute atomic E-state index is 0.753. The molecule has 1 aliphatic carbocycles. The van der Waals surface area contributed by atoms with Crippen LogP contribution in [0.3, 0.4) is 0 Å². The van der Waals surface area contributed by atoms with Crippen LogP contribution in [0.25, 0.3) is 0 Å². The van der Waals surface area contributed by atoms with E-state index in [1.54, 1.807) is 16.4 Å². The number of hydrogen-bond donors (Lipinski definition) is 1. The van der Waals surface area contributed by atoms with Crippen molar-refractivity contribution in [2.75, 3.05) is 12.3 Å². The smallest absolute Gasteiger partial charge is 0.209 e. The highest BCUT2D eigenvalue weighted by Gasteiger charge is 2.13. The van der Waals surface area contributed by atoms with Crippen LogP contribution in [0.5, 0.6) is 0 Å². The van der Waals surface area contributed by atoms with Gasteiger partial charge in [0.2, 0.25) is 5.16 Å². The van der Waals surface area contributed by atoms with Crippen molar-refractivity contribution in [1.82, 2.24) is 25.5 Å². The predicted octanol–water partition coefficient (Wildman–Crippen LogP) is 0.834. The first-order valence-corrected chi connectivity index (χ1v) is 6.43. The van der Waals surface area contributed by atoms with Crippen LogP contribution in [0.2, 0.25) is 0 Å². The summed E-state index contributed by atoms with van der Waals surface area (Å²) in [5, 5.41) is 15.8. The van der Waals surface area contributed by atoms with E-state index in [-0.39, 0.29) is 0 Å². The number of aryl methyl sites for hydroxylation is 1. The average molecular weight is 227 g/mol.